The first kappa shape index (κ1) is 23.1. The SMILES string of the molecule is CN=C(NCCS(=O)(=O)C(C)(C)C)NCC(c1ccc(C)s1)N1CCOCC1. The third kappa shape index (κ3) is 6.43. The van der Waals surface area contributed by atoms with Gasteiger partial charge in [0, 0.05) is 43.0 Å². The van der Waals surface area contributed by atoms with Gasteiger partial charge in [-0.05, 0) is 39.8 Å². The van der Waals surface area contributed by atoms with Crippen molar-refractivity contribution >= 4 is 27.1 Å². The summed E-state index contributed by atoms with van der Waals surface area (Å²) in [5, 5.41) is 6.50. The van der Waals surface area contributed by atoms with Crippen LogP contribution in [0.2, 0.25) is 0 Å². The van der Waals surface area contributed by atoms with Crippen LogP contribution in [0.5, 0.6) is 0 Å². The molecule has 28 heavy (non-hydrogen) atoms. The van der Waals surface area contributed by atoms with Crippen LogP contribution < -0.4 is 10.6 Å². The van der Waals surface area contributed by atoms with Crippen LogP contribution in [0.3, 0.4) is 0 Å². The first-order valence-corrected chi connectivity index (χ1v) is 12.2. The van der Waals surface area contributed by atoms with E-state index in [1.807, 2.05) is 11.3 Å². The Hall–Kier alpha value is -1.16. The number of thiophene rings is 1. The molecular formula is C19H34N4O3S2. The molecule has 0 saturated carbocycles. The predicted octanol–water partition coefficient (Wildman–Crippen LogP) is 1.81. The molecule has 0 aromatic carbocycles. The molecule has 160 valence electrons. The lowest BCUT2D eigenvalue weighted by atomic mass is 10.2. The summed E-state index contributed by atoms with van der Waals surface area (Å²) in [6.45, 7) is 11.6. The van der Waals surface area contributed by atoms with E-state index in [1.165, 1.54) is 9.75 Å². The number of hydrogen-bond donors (Lipinski definition) is 2. The highest BCUT2D eigenvalue weighted by atomic mass is 32.2. The van der Waals surface area contributed by atoms with Crippen LogP contribution in [-0.4, -0.2) is 76.2 Å². The Kier molecular flexibility index (Phi) is 8.30. The maximum atomic E-state index is 12.3. The van der Waals surface area contributed by atoms with Gasteiger partial charge in [-0.3, -0.25) is 9.89 Å². The molecule has 1 aromatic heterocycles. The Balaban J connectivity index is 1.94. The second-order valence-corrected chi connectivity index (χ2v) is 12.1. The highest BCUT2D eigenvalue weighted by molar-refractivity contribution is 7.92. The Labute approximate surface area is 173 Å². The lowest BCUT2D eigenvalue weighted by molar-refractivity contribution is 0.0177. The van der Waals surface area contributed by atoms with Crippen molar-refractivity contribution in [2.75, 3.05) is 52.2 Å². The van der Waals surface area contributed by atoms with Crippen molar-refractivity contribution in [3.8, 4) is 0 Å². The summed E-state index contributed by atoms with van der Waals surface area (Å²) in [6, 6.07) is 4.57. The molecule has 0 aliphatic carbocycles. The van der Waals surface area contributed by atoms with Crippen molar-refractivity contribution in [3.63, 3.8) is 0 Å². The van der Waals surface area contributed by atoms with Gasteiger partial charge in [-0.25, -0.2) is 8.42 Å². The largest absolute Gasteiger partial charge is 0.379 e. The van der Waals surface area contributed by atoms with E-state index in [0.717, 1.165) is 26.3 Å². The molecule has 0 amide bonds. The van der Waals surface area contributed by atoms with Gasteiger partial charge in [0.05, 0.1) is 29.8 Å². The Bertz CT molecular complexity index is 747. The quantitative estimate of drug-likeness (QED) is 0.507. The van der Waals surface area contributed by atoms with Gasteiger partial charge in [0.1, 0.15) is 0 Å². The Morgan fingerprint density at radius 2 is 1.96 bits per heavy atom. The van der Waals surface area contributed by atoms with E-state index in [9.17, 15) is 8.42 Å². The predicted molar refractivity (Wildman–Crippen MR) is 117 cm³/mol. The number of sulfone groups is 1. The molecule has 0 radical (unpaired) electrons. The van der Waals surface area contributed by atoms with Crippen molar-refractivity contribution in [1.29, 1.82) is 0 Å². The third-order valence-corrected chi connectivity index (χ3v) is 8.57. The number of nitrogens with one attached hydrogen (secondary N) is 2. The molecule has 1 fully saturated rings. The number of hydrogen-bond acceptors (Lipinski definition) is 6. The number of ether oxygens (including phenoxy) is 1. The molecule has 2 N–H and O–H groups in total. The monoisotopic (exact) mass is 430 g/mol. The summed E-state index contributed by atoms with van der Waals surface area (Å²) in [5.41, 5.74) is 0. The van der Waals surface area contributed by atoms with Gasteiger partial charge in [-0.15, -0.1) is 11.3 Å². The van der Waals surface area contributed by atoms with Crippen molar-refractivity contribution in [2.45, 2.75) is 38.5 Å². The second-order valence-electron chi connectivity index (χ2n) is 7.92. The fourth-order valence-corrected chi connectivity index (χ4v) is 4.95. The third-order valence-electron chi connectivity index (χ3n) is 4.86. The van der Waals surface area contributed by atoms with Gasteiger partial charge >= 0.3 is 0 Å². The average molecular weight is 431 g/mol. The molecular weight excluding hydrogens is 396 g/mol. The highest BCUT2D eigenvalue weighted by Crippen LogP contribution is 2.27. The lowest BCUT2D eigenvalue weighted by Crippen LogP contribution is -2.47. The molecule has 0 spiro atoms. The van der Waals surface area contributed by atoms with E-state index in [-0.39, 0.29) is 11.8 Å². The van der Waals surface area contributed by atoms with Crippen molar-refractivity contribution in [3.05, 3.63) is 21.9 Å². The minimum absolute atomic E-state index is 0.0776. The summed E-state index contributed by atoms with van der Waals surface area (Å²) < 4.78 is 29.3. The van der Waals surface area contributed by atoms with Gasteiger partial charge < -0.3 is 15.4 Å². The average Bonchev–Trinajstić information content (AvgIpc) is 3.06. The first-order valence-electron chi connectivity index (χ1n) is 9.69. The zero-order valence-corrected chi connectivity index (χ0v) is 19.3. The molecule has 1 atom stereocenters. The second kappa shape index (κ2) is 10.0. The maximum Gasteiger partial charge on any atom is 0.191 e. The molecule has 7 nitrogen and oxygen atoms in total. The minimum Gasteiger partial charge on any atom is -0.379 e. The molecule has 1 aromatic rings. The summed E-state index contributed by atoms with van der Waals surface area (Å²) in [4.78, 5) is 9.29. The van der Waals surface area contributed by atoms with Gasteiger partial charge in [0.25, 0.3) is 0 Å². The van der Waals surface area contributed by atoms with E-state index >= 15 is 0 Å². The van der Waals surface area contributed by atoms with Crippen LogP contribution in [0, 0.1) is 6.92 Å². The number of aryl methyl sites for hydroxylation is 1. The smallest absolute Gasteiger partial charge is 0.191 e. The van der Waals surface area contributed by atoms with E-state index < -0.39 is 14.6 Å². The van der Waals surface area contributed by atoms with Gasteiger partial charge in [-0.2, -0.15) is 0 Å². The topological polar surface area (TPSA) is 83.0 Å². The molecule has 1 saturated heterocycles. The Morgan fingerprint density at radius 3 is 2.50 bits per heavy atom. The summed E-state index contributed by atoms with van der Waals surface area (Å²) in [7, 11) is -1.45. The first-order chi connectivity index (χ1) is 13.1. The van der Waals surface area contributed by atoms with Crippen LogP contribution in [0.15, 0.2) is 17.1 Å². The van der Waals surface area contributed by atoms with Gasteiger partial charge in [-0.1, -0.05) is 0 Å². The van der Waals surface area contributed by atoms with E-state index in [1.54, 1.807) is 27.8 Å². The maximum absolute atomic E-state index is 12.3. The Morgan fingerprint density at radius 1 is 1.29 bits per heavy atom. The van der Waals surface area contributed by atoms with E-state index in [2.05, 4.69) is 39.6 Å². The number of aliphatic imine (C=N–C) groups is 1. The number of morpholine rings is 1. The molecule has 2 heterocycles. The zero-order chi connectivity index (χ0) is 20.8. The molecule has 1 aliphatic rings. The summed E-state index contributed by atoms with van der Waals surface area (Å²) in [5.74, 6) is 0.699. The number of guanidine groups is 1. The van der Waals surface area contributed by atoms with Crippen LogP contribution in [0.1, 0.15) is 36.6 Å². The molecule has 2 rings (SSSR count). The van der Waals surface area contributed by atoms with Crippen molar-refractivity contribution in [1.82, 2.24) is 15.5 Å². The van der Waals surface area contributed by atoms with Crippen molar-refractivity contribution < 1.29 is 13.2 Å². The van der Waals surface area contributed by atoms with Crippen LogP contribution in [0.4, 0.5) is 0 Å². The van der Waals surface area contributed by atoms with Gasteiger partial charge in [0.2, 0.25) is 0 Å². The normalized spacial score (nSPS) is 18.1. The standard InChI is InChI=1S/C19H34N4O3S2/c1-15-6-7-17(27-15)16(23-9-11-26-12-10-23)14-22-18(20-5)21-8-13-28(24,25)19(2,3)4/h6-7,16H,8-14H2,1-5H3,(H2,20,21,22). The number of rotatable bonds is 7. The molecule has 0 bridgehead atoms. The highest BCUT2D eigenvalue weighted by Gasteiger charge is 2.28. The fraction of sp³-hybridized carbons (Fsp3) is 0.737. The van der Waals surface area contributed by atoms with Crippen LogP contribution in [0.25, 0.3) is 0 Å². The van der Waals surface area contributed by atoms with Gasteiger partial charge in [0.15, 0.2) is 15.8 Å². The summed E-state index contributed by atoms with van der Waals surface area (Å²) >= 11 is 1.81. The van der Waals surface area contributed by atoms with Crippen LogP contribution >= 0.6 is 11.3 Å². The fourth-order valence-electron chi connectivity index (χ4n) is 2.96. The van der Waals surface area contributed by atoms with E-state index in [4.69, 9.17) is 4.74 Å². The number of nitrogens with zero attached hydrogens (tertiary/aromatic N) is 2. The zero-order valence-electron chi connectivity index (χ0n) is 17.6. The van der Waals surface area contributed by atoms with E-state index in [0.29, 0.717) is 19.0 Å². The summed E-state index contributed by atoms with van der Waals surface area (Å²) in [6.07, 6.45) is 0. The molecule has 1 unspecified atom stereocenters. The van der Waals surface area contributed by atoms with Crippen LogP contribution in [-0.2, 0) is 14.6 Å². The lowest BCUT2D eigenvalue weighted by Gasteiger charge is -2.34. The molecule has 1 aliphatic heterocycles. The minimum atomic E-state index is -3.16. The molecule has 9 heteroatoms. The van der Waals surface area contributed by atoms with Crippen molar-refractivity contribution in [2.24, 2.45) is 4.99 Å².